The number of nitrogens with zero attached hydrogens (tertiary/aromatic N) is 1. The van der Waals surface area contributed by atoms with E-state index in [0.29, 0.717) is 13.2 Å². The first-order valence-corrected chi connectivity index (χ1v) is 4.23. The van der Waals surface area contributed by atoms with Gasteiger partial charge < -0.3 is 19.1 Å². The lowest BCUT2D eigenvalue weighted by Crippen LogP contribution is -2.52. The van der Waals surface area contributed by atoms with E-state index in [0.717, 1.165) is 0 Å². The molecule has 2 rings (SSSR count). The molecule has 0 bridgehead atoms. The van der Waals surface area contributed by atoms with Gasteiger partial charge in [-0.1, -0.05) is 0 Å². The zero-order valence-electron chi connectivity index (χ0n) is 7.77. The molecular formula is C9H11NO4. The van der Waals surface area contributed by atoms with E-state index in [2.05, 4.69) is 0 Å². The Kier molecular flexibility index (Phi) is 2.05. The quantitative estimate of drug-likeness (QED) is 0.767. The van der Waals surface area contributed by atoms with Gasteiger partial charge in [0.2, 0.25) is 0 Å². The second kappa shape index (κ2) is 3.11. The van der Waals surface area contributed by atoms with Crippen molar-refractivity contribution in [2.24, 2.45) is 0 Å². The van der Waals surface area contributed by atoms with Crippen LogP contribution in [0.25, 0.3) is 0 Å². The fraction of sp³-hybridized carbons (Fsp3) is 0.444. The molecule has 76 valence electrons. The van der Waals surface area contributed by atoms with Crippen LogP contribution in [0.5, 0.6) is 0 Å². The molecule has 0 unspecified atom stereocenters. The monoisotopic (exact) mass is 197 g/mol. The standard InChI is InChI=1S/C9H11NO4/c1-13-9(5-14-6-9)10-3-2-7(4-10)8(11)12/h2-4H,5-6H2,1H3,(H,11,12). The highest BCUT2D eigenvalue weighted by Gasteiger charge is 2.40. The Balaban J connectivity index is 2.27. The van der Waals surface area contributed by atoms with E-state index in [1.807, 2.05) is 0 Å². The summed E-state index contributed by atoms with van der Waals surface area (Å²) in [5.74, 6) is -0.935. The van der Waals surface area contributed by atoms with E-state index in [4.69, 9.17) is 14.6 Å². The van der Waals surface area contributed by atoms with E-state index in [-0.39, 0.29) is 5.56 Å². The Morgan fingerprint density at radius 3 is 2.79 bits per heavy atom. The normalized spacial score (nSPS) is 18.9. The Morgan fingerprint density at radius 2 is 2.43 bits per heavy atom. The molecule has 0 atom stereocenters. The summed E-state index contributed by atoms with van der Waals surface area (Å²) in [7, 11) is 1.59. The number of carboxylic acids is 1. The smallest absolute Gasteiger partial charge is 0.337 e. The fourth-order valence-corrected chi connectivity index (χ4v) is 1.43. The number of carbonyl (C=O) groups is 1. The Morgan fingerprint density at radius 1 is 1.71 bits per heavy atom. The Hall–Kier alpha value is -1.33. The van der Waals surface area contributed by atoms with Gasteiger partial charge in [0.15, 0.2) is 5.72 Å². The third kappa shape index (κ3) is 1.21. The minimum atomic E-state index is -0.935. The van der Waals surface area contributed by atoms with Crippen molar-refractivity contribution in [3.05, 3.63) is 24.0 Å². The van der Waals surface area contributed by atoms with Crippen molar-refractivity contribution in [1.82, 2.24) is 4.57 Å². The van der Waals surface area contributed by atoms with Gasteiger partial charge in [0.1, 0.15) is 0 Å². The minimum Gasteiger partial charge on any atom is -0.478 e. The van der Waals surface area contributed by atoms with Crippen molar-refractivity contribution < 1.29 is 19.4 Å². The van der Waals surface area contributed by atoms with Gasteiger partial charge in [-0.3, -0.25) is 0 Å². The first-order valence-electron chi connectivity index (χ1n) is 4.23. The lowest BCUT2D eigenvalue weighted by atomic mass is 10.2. The van der Waals surface area contributed by atoms with Crippen molar-refractivity contribution in [3.63, 3.8) is 0 Å². The van der Waals surface area contributed by atoms with Gasteiger partial charge in [0.05, 0.1) is 18.8 Å². The predicted octanol–water partition coefficient (Wildman–Crippen LogP) is 0.516. The highest BCUT2D eigenvalue weighted by molar-refractivity contribution is 5.87. The molecule has 5 heteroatoms. The molecule has 14 heavy (non-hydrogen) atoms. The first kappa shape index (κ1) is 9.23. The predicted molar refractivity (Wildman–Crippen MR) is 47.2 cm³/mol. The lowest BCUT2D eigenvalue weighted by molar-refractivity contribution is -0.245. The molecule has 1 aliphatic heterocycles. The Labute approximate surface area is 80.9 Å². The number of aromatic nitrogens is 1. The van der Waals surface area contributed by atoms with E-state index >= 15 is 0 Å². The average Bonchev–Trinajstić information content (AvgIpc) is 2.52. The van der Waals surface area contributed by atoms with Gasteiger partial charge >= 0.3 is 5.97 Å². The van der Waals surface area contributed by atoms with Gasteiger partial charge in [-0.2, -0.15) is 0 Å². The molecule has 1 aromatic heterocycles. The highest BCUT2D eigenvalue weighted by atomic mass is 16.6. The topological polar surface area (TPSA) is 60.7 Å². The van der Waals surface area contributed by atoms with Crippen molar-refractivity contribution in [1.29, 1.82) is 0 Å². The largest absolute Gasteiger partial charge is 0.478 e. The number of aromatic carboxylic acids is 1. The molecule has 1 aromatic rings. The van der Waals surface area contributed by atoms with E-state index in [1.165, 1.54) is 0 Å². The zero-order valence-corrected chi connectivity index (χ0v) is 7.77. The van der Waals surface area contributed by atoms with Crippen LogP contribution in [0.3, 0.4) is 0 Å². The van der Waals surface area contributed by atoms with Crippen LogP contribution in [-0.4, -0.2) is 36.0 Å². The van der Waals surface area contributed by atoms with Crippen molar-refractivity contribution in [2.45, 2.75) is 5.72 Å². The number of hydrogen-bond acceptors (Lipinski definition) is 3. The van der Waals surface area contributed by atoms with Crippen LogP contribution in [0, 0.1) is 0 Å². The summed E-state index contributed by atoms with van der Waals surface area (Å²) in [4.78, 5) is 10.7. The molecule has 1 aliphatic rings. The van der Waals surface area contributed by atoms with Gasteiger partial charge in [-0.15, -0.1) is 0 Å². The second-order valence-electron chi connectivity index (χ2n) is 3.26. The number of hydrogen-bond donors (Lipinski definition) is 1. The maximum Gasteiger partial charge on any atom is 0.337 e. The molecule has 1 saturated heterocycles. The van der Waals surface area contributed by atoms with Crippen LogP contribution in [-0.2, 0) is 15.2 Å². The summed E-state index contributed by atoms with van der Waals surface area (Å²) < 4.78 is 12.1. The molecular weight excluding hydrogens is 186 g/mol. The second-order valence-corrected chi connectivity index (χ2v) is 3.26. The highest BCUT2D eigenvalue weighted by Crippen LogP contribution is 2.27. The maximum atomic E-state index is 10.7. The summed E-state index contributed by atoms with van der Waals surface area (Å²) in [5.41, 5.74) is -0.249. The minimum absolute atomic E-state index is 0.258. The number of ether oxygens (including phenoxy) is 2. The number of carboxylic acid groups (broad SMARTS) is 1. The zero-order chi connectivity index (χ0) is 10.2. The molecule has 0 amide bonds. The maximum absolute atomic E-state index is 10.7. The molecule has 0 aromatic carbocycles. The van der Waals surface area contributed by atoms with E-state index in [9.17, 15) is 4.79 Å². The number of rotatable bonds is 3. The van der Waals surface area contributed by atoms with Gasteiger partial charge in [-0.25, -0.2) is 4.79 Å². The van der Waals surface area contributed by atoms with Crippen molar-refractivity contribution in [3.8, 4) is 0 Å². The average molecular weight is 197 g/mol. The third-order valence-corrected chi connectivity index (χ3v) is 2.45. The van der Waals surface area contributed by atoms with Crippen molar-refractivity contribution in [2.75, 3.05) is 20.3 Å². The van der Waals surface area contributed by atoms with Crippen LogP contribution >= 0.6 is 0 Å². The summed E-state index contributed by atoms with van der Waals surface area (Å²) in [6.45, 7) is 0.911. The number of methoxy groups -OCH3 is 1. The lowest BCUT2D eigenvalue weighted by Gasteiger charge is -2.41. The summed E-state index contributed by atoms with van der Waals surface area (Å²) in [6.07, 6.45) is 3.24. The van der Waals surface area contributed by atoms with Crippen LogP contribution in [0.2, 0.25) is 0 Å². The molecule has 1 N–H and O–H groups in total. The van der Waals surface area contributed by atoms with E-state index < -0.39 is 11.7 Å². The molecule has 2 heterocycles. The summed E-state index contributed by atoms with van der Waals surface area (Å²) >= 11 is 0. The summed E-state index contributed by atoms with van der Waals surface area (Å²) in [6, 6.07) is 1.54. The molecule has 0 saturated carbocycles. The molecule has 0 radical (unpaired) electrons. The Bertz CT molecular complexity index is 348. The molecule has 0 spiro atoms. The van der Waals surface area contributed by atoms with Crippen LogP contribution in [0.15, 0.2) is 18.5 Å². The first-order chi connectivity index (χ1) is 6.68. The fourth-order valence-electron chi connectivity index (χ4n) is 1.43. The SMILES string of the molecule is COC1(n2ccc(C(=O)O)c2)COC1. The van der Waals surface area contributed by atoms with Gasteiger partial charge in [0, 0.05) is 19.5 Å². The van der Waals surface area contributed by atoms with Crippen LogP contribution in [0.1, 0.15) is 10.4 Å². The van der Waals surface area contributed by atoms with Gasteiger partial charge in [0.25, 0.3) is 0 Å². The molecule has 5 nitrogen and oxygen atoms in total. The van der Waals surface area contributed by atoms with Crippen LogP contribution in [0.4, 0.5) is 0 Å². The van der Waals surface area contributed by atoms with Crippen molar-refractivity contribution >= 4 is 5.97 Å². The molecule has 1 fully saturated rings. The third-order valence-electron chi connectivity index (χ3n) is 2.45. The van der Waals surface area contributed by atoms with Crippen LogP contribution < -0.4 is 0 Å². The molecule has 0 aliphatic carbocycles. The van der Waals surface area contributed by atoms with Gasteiger partial charge in [-0.05, 0) is 6.07 Å². The van der Waals surface area contributed by atoms with E-state index in [1.54, 1.807) is 30.1 Å². The summed E-state index contributed by atoms with van der Waals surface area (Å²) in [5, 5.41) is 8.74.